The molecule has 2 amide bonds. The van der Waals surface area contributed by atoms with Crippen LogP contribution in [0.4, 0.5) is 50.9 Å². The van der Waals surface area contributed by atoms with Crippen molar-refractivity contribution in [2.24, 2.45) is 0 Å². The van der Waals surface area contributed by atoms with Gasteiger partial charge in [-0.2, -0.15) is 39.5 Å². The fourth-order valence-electron chi connectivity index (χ4n) is 2.87. The molecule has 0 saturated carbocycles. The third-order valence-electron chi connectivity index (χ3n) is 4.67. The normalized spacial score (nSPS) is 12.3. The average Bonchev–Trinajstić information content (AvgIpc) is 2.78. The molecule has 3 rings (SSSR count). The summed E-state index contributed by atoms with van der Waals surface area (Å²) >= 11 is 17.3. The van der Waals surface area contributed by atoms with E-state index in [-0.39, 0.29) is 12.4 Å². The average molecular weight is 626 g/mol. The molecule has 0 saturated heterocycles. The highest BCUT2D eigenvalue weighted by Gasteiger charge is 2.35. The number of nitrogens with zero attached hydrogens (tertiary/aromatic N) is 2. The summed E-state index contributed by atoms with van der Waals surface area (Å²) in [6.45, 7) is 0. The maximum Gasteiger partial charge on any atom is 0.417 e. The van der Waals surface area contributed by atoms with E-state index in [9.17, 15) is 49.1 Å². The van der Waals surface area contributed by atoms with Gasteiger partial charge in [0.05, 0.1) is 43.1 Å². The molecule has 2 aromatic heterocycles. The summed E-state index contributed by atoms with van der Waals surface area (Å²) in [7, 11) is 0. The summed E-state index contributed by atoms with van der Waals surface area (Å²) in [6, 6.07) is 1.40. The van der Waals surface area contributed by atoms with E-state index < -0.39 is 84.9 Å². The number of hydrogen-bond acceptors (Lipinski definition) is 4. The highest BCUT2D eigenvalue weighted by atomic mass is 35.5. The summed E-state index contributed by atoms with van der Waals surface area (Å²) < 4.78 is 117. The lowest BCUT2D eigenvalue weighted by molar-refractivity contribution is -0.138. The number of benzene rings is 1. The van der Waals surface area contributed by atoms with Gasteiger partial charge in [0.25, 0.3) is 11.8 Å². The predicted octanol–water partition coefficient (Wildman–Crippen LogP) is 8.00. The molecule has 0 spiro atoms. The molecule has 18 heteroatoms. The number of aromatic nitrogens is 2. The molecule has 2 N–H and O–H groups in total. The highest BCUT2D eigenvalue weighted by molar-refractivity contribution is 6.37. The van der Waals surface area contributed by atoms with Crippen LogP contribution in [0.1, 0.15) is 37.7 Å². The Morgan fingerprint density at radius 2 is 0.974 bits per heavy atom. The van der Waals surface area contributed by atoms with Crippen molar-refractivity contribution in [2.45, 2.75) is 18.5 Å². The lowest BCUT2D eigenvalue weighted by atomic mass is 10.1. The molecule has 39 heavy (non-hydrogen) atoms. The third-order valence-corrected chi connectivity index (χ3v) is 5.55. The number of anilines is 2. The molecule has 0 aliphatic carbocycles. The molecule has 0 atom stereocenters. The zero-order valence-corrected chi connectivity index (χ0v) is 20.5. The van der Waals surface area contributed by atoms with Crippen LogP contribution in [0.5, 0.6) is 0 Å². The summed E-state index contributed by atoms with van der Waals surface area (Å²) in [5.74, 6) is -2.73. The molecule has 2 heterocycles. The fraction of sp³-hybridized carbons (Fsp3) is 0.143. The Bertz CT molecular complexity index is 1460. The molecule has 1 aromatic carbocycles. The molecule has 0 aliphatic rings. The standard InChI is InChI=1S/C21H8Cl3F9N4O2/c22-10-1-7(19(25,26)27)4-13(36-17(38)15-11(23)2-8(5-34-15)20(28,29)30)14(10)37-18(39)16-12(24)3-9(6-35-16)21(31,32)33/h1-6H,(H,36,38)(H,37,39). The summed E-state index contributed by atoms with van der Waals surface area (Å²) in [6.07, 6.45) is -14.2. The van der Waals surface area contributed by atoms with Gasteiger partial charge in [-0.15, -0.1) is 0 Å². The first-order valence-corrected chi connectivity index (χ1v) is 10.9. The quantitative estimate of drug-likeness (QED) is 0.288. The van der Waals surface area contributed by atoms with Gasteiger partial charge in [-0.05, 0) is 24.3 Å². The summed E-state index contributed by atoms with van der Waals surface area (Å²) in [5, 5.41) is 1.50. The predicted molar refractivity (Wildman–Crippen MR) is 121 cm³/mol. The number of rotatable bonds is 4. The van der Waals surface area contributed by atoms with Gasteiger partial charge in [-0.1, -0.05) is 34.8 Å². The van der Waals surface area contributed by atoms with Crippen LogP contribution in [0.2, 0.25) is 15.1 Å². The van der Waals surface area contributed by atoms with Gasteiger partial charge in [-0.25, -0.2) is 9.97 Å². The lowest BCUT2D eigenvalue weighted by Crippen LogP contribution is -2.21. The van der Waals surface area contributed by atoms with Crippen LogP contribution in [-0.4, -0.2) is 21.8 Å². The minimum Gasteiger partial charge on any atom is -0.319 e. The summed E-state index contributed by atoms with van der Waals surface area (Å²) in [4.78, 5) is 31.9. The number of carbonyl (C=O) groups is 2. The van der Waals surface area contributed by atoms with E-state index in [4.69, 9.17) is 34.8 Å². The van der Waals surface area contributed by atoms with Gasteiger partial charge >= 0.3 is 18.5 Å². The van der Waals surface area contributed by atoms with Crippen molar-refractivity contribution >= 4 is 58.0 Å². The Morgan fingerprint density at radius 3 is 1.36 bits per heavy atom. The van der Waals surface area contributed by atoms with Crippen molar-refractivity contribution in [3.63, 3.8) is 0 Å². The van der Waals surface area contributed by atoms with Crippen LogP contribution in [-0.2, 0) is 18.5 Å². The molecular formula is C21H8Cl3F9N4O2. The number of alkyl halides is 9. The van der Waals surface area contributed by atoms with Gasteiger partial charge in [0.1, 0.15) is 11.4 Å². The van der Waals surface area contributed by atoms with Crippen molar-refractivity contribution in [3.8, 4) is 0 Å². The SMILES string of the molecule is O=C(Nc1cc(C(F)(F)F)cc(Cl)c1NC(=O)c1ncc(C(F)(F)F)cc1Cl)c1ncc(C(F)(F)F)cc1Cl. The van der Waals surface area contributed by atoms with E-state index in [0.717, 1.165) is 0 Å². The van der Waals surface area contributed by atoms with Crippen molar-refractivity contribution in [1.29, 1.82) is 0 Å². The Kier molecular flexibility index (Phi) is 8.29. The maximum atomic E-state index is 13.4. The van der Waals surface area contributed by atoms with E-state index in [1.54, 1.807) is 0 Å². The zero-order chi connectivity index (χ0) is 29.5. The van der Waals surface area contributed by atoms with Crippen molar-refractivity contribution in [2.75, 3.05) is 10.6 Å². The van der Waals surface area contributed by atoms with Crippen LogP contribution in [0.15, 0.2) is 36.7 Å². The Morgan fingerprint density at radius 1 is 0.590 bits per heavy atom. The Labute approximate surface area is 226 Å². The van der Waals surface area contributed by atoms with E-state index in [0.29, 0.717) is 24.3 Å². The first kappa shape index (κ1) is 30.2. The van der Waals surface area contributed by atoms with Crippen molar-refractivity contribution in [1.82, 2.24) is 9.97 Å². The molecule has 0 unspecified atom stereocenters. The number of amides is 2. The molecule has 0 radical (unpaired) electrons. The number of halogens is 12. The largest absolute Gasteiger partial charge is 0.417 e. The van der Waals surface area contributed by atoms with Crippen LogP contribution in [0.3, 0.4) is 0 Å². The minimum absolute atomic E-state index is 0.251. The van der Waals surface area contributed by atoms with Gasteiger partial charge in [0.15, 0.2) is 0 Å². The van der Waals surface area contributed by atoms with E-state index in [1.165, 1.54) is 0 Å². The Balaban J connectivity index is 2.02. The van der Waals surface area contributed by atoms with E-state index in [2.05, 4.69) is 9.97 Å². The number of pyridine rings is 2. The zero-order valence-electron chi connectivity index (χ0n) is 18.2. The van der Waals surface area contributed by atoms with Crippen LogP contribution in [0, 0.1) is 0 Å². The smallest absolute Gasteiger partial charge is 0.319 e. The van der Waals surface area contributed by atoms with Crippen molar-refractivity contribution in [3.05, 3.63) is 79.8 Å². The molecule has 208 valence electrons. The molecule has 6 nitrogen and oxygen atoms in total. The molecular weight excluding hydrogens is 618 g/mol. The van der Waals surface area contributed by atoms with Gasteiger partial charge < -0.3 is 10.6 Å². The van der Waals surface area contributed by atoms with E-state index in [1.807, 2.05) is 10.6 Å². The second-order valence-electron chi connectivity index (χ2n) is 7.39. The van der Waals surface area contributed by atoms with Gasteiger partial charge in [0, 0.05) is 12.4 Å². The first-order chi connectivity index (χ1) is 17.8. The van der Waals surface area contributed by atoms with Crippen molar-refractivity contribution < 1.29 is 49.1 Å². The van der Waals surface area contributed by atoms with Crippen LogP contribution < -0.4 is 10.6 Å². The third kappa shape index (κ3) is 7.02. The highest BCUT2D eigenvalue weighted by Crippen LogP contribution is 2.40. The fourth-order valence-corrected chi connectivity index (χ4v) is 3.64. The van der Waals surface area contributed by atoms with Crippen LogP contribution in [0.25, 0.3) is 0 Å². The second kappa shape index (κ2) is 10.7. The first-order valence-electron chi connectivity index (χ1n) is 9.78. The van der Waals surface area contributed by atoms with Crippen LogP contribution >= 0.6 is 34.8 Å². The minimum atomic E-state index is -5.02. The van der Waals surface area contributed by atoms with E-state index >= 15 is 0 Å². The monoisotopic (exact) mass is 624 g/mol. The lowest BCUT2D eigenvalue weighted by Gasteiger charge is -2.18. The molecule has 0 aliphatic heterocycles. The number of hydrogen-bond donors (Lipinski definition) is 2. The molecule has 0 bridgehead atoms. The maximum absolute atomic E-state index is 13.4. The second-order valence-corrected chi connectivity index (χ2v) is 8.61. The number of carbonyl (C=O) groups excluding carboxylic acids is 2. The van der Waals surface area contributed by atoms with Gasteiger partial charge in [0.2, 0.25) is 0 Å². The topological polar surface area (TPSA) is 84.0 Å². The number of nitrogens with one attached hydrogen (secondary N) is 2. The summed E-state index contributed by atoms with van der Waals surface area (Å²) in [5.41, 5.74) is -7.17. The Hall–Kier alpha value is -3.30. The molecule has 3 aromatic rings. The van der Waals surface area contributed by atoms with Gasteiger partial charge in [-0.3, -0.25) is 9.59 Å². The molecule has 0 fully saturated rings.